The first kappa shape index (κ1) is 20.4. The number of hydrogen-bond donors (Lipinski definition) is 1. The number of ether oxygens (including phenoxy) is 3. The number of carboxylic acids is 1. The third kappa shape index (κ3) is 4.23. The van der Waals surface area contributed by atoms with E-state index in [-0.39, 0.29) is 6.04 Å². The molecule has 26 heavy (non-hydrogen) atoms. The quantitative estimate of drug-likeness (QED) is 0.716. The third-order valence-electron chi connectivity index (χ3n) is 5.15. The maximum atomic E-state index is 11.8. The van der Waals surface area contributed by atoms with Gasteiger partial charge in [0.2, 0.25) is 5.75 Å². The zero-order valence-electron chi connectivity index (χ0n) is 16.3. The molecular formula is C20H31NO5. The molecule has 0 saturated carbocycles. The van der Waals surface area contributed by atoms with Crippen molar-refractivity contribution in [1.82, 2.24) is 4.90 Å². The number of piperidine rings is 1. The van der Waals surface area contributed by atoms with Crippen LogP contribution in [0.1, 0.15) is 57.1 Å². The van der Waals surface area contributed by atoms with E-state index in [0.717, 1.165) is 44.2 Å². The van der Waals surface area contributed by atoms with Crippen molar-refractivity contribution in [3.8, 4) is 17.2 Å². The molecule has 1 N–H and O–H groups in total. The number of unbranched alkanes of at least 4 members (excludes halogenated alkanes) is 1. The molecule has 1 aromatic carbocycles. The van der Waals surface area contributed by atoms with Gasteiger partial charge in [0, 0.05) is 11.6 Å². The zero-order valence-corrected chi connectivity index (χ0v) is 16.3. The van der Waals surface area contributed by atoms with Gasteiger partial charge in [0.25, 0.3) is 0 Å². The number of hydrogen-bond acceptors (Lipinski definition) is 5. The summed E-state index contributed by atoms with van der Waals surface area (Å²) in [4.78, 5) is 14.0. The highest BCUT2D eigenvalue weighted by atomic mass is 16.5. The minimum atomic E-state index is -0.745. The van der Waals surface area contributed by atoms with Crippen LogP contribution in [-0.4, -0.2) is 49.9 Å². The van der Waals surface area contributed by atoms with Crippen molar-refractivity contribution in [3.63, 3.8) is 0 Å². The fraction of sp³-hybridized carbons (Fsp3) is 0.650. The van der Waals surface area contributed by atoms with E-state index in [1.54, 1.807) is 21.3 Å². The van der Waals surface area contributed by atoms with E-state index in [0.29, 0.717) is 23.7 Å². The van der Waals surface area contributed by atoms with Crippen molar-refractivity contribution < 1.29 is 24.1 Å². The van der Waals surface area contributed by atoms with Crippen LogP contribution in [0.25, 0.3) is 0 Å². The molecule has 6 nitrogen and oxygen atoms in total. The van der Waals surface area contributed by atoms with Crippen molar-refractivity contribution >= 4 is 5.97 Å². The SMILES string of the molecule is CCCCC(c1ccc(OC)c(OC)c1OC)N1CCCCC1C(=O)O. The lowest BCUT2D eigenvalue weighted by molar-refractivity contribution is -0.146. The number of benzene rings is 1. The molecule has 1 fully saturated rings. The number of rotatable bonds is 9. The number of methoxy groups -OCH3 is 3. The highest BCUT2D eigenvalue weighted by molar-refractivity contribution is 5.73. The third-order valence-corrected chi connectivity index (χ3v) is 5.15. The topological polar surface area (TPSA) is 68.2 Å². The van der Waals surface area contributed by atoms with Crippen LogP contribution in [0.5, 0.6) is 17.2 Å². The van der Waals surface area contributed by atoms with Gasteiger partial charge in [0.15, 0.2) is 11.5 Å². The molecule has 1 saturated heterocycles. The number of carbonyl (C=O) groups is 1. The summed E-state index contributed by atoms with van der Waals surface area (Å²) < 4.78 is 16.6. The number of carboxylic acid groups (broad SMARTS) is 1. The zero-order chi connectivity index (χ0) is 19.1. The fourth-order valence-electron chi connectivity index (χ4n) is 3.88. The van der Waals surface area contributed by atoms with Gasteiger partial charge < -0.3 is 19.3 Å². The van der Waals surface area contributed by atoms with Crippen LogP contribution in [0.15, 0.2) is 12.1 Å². The van der Waals surface area contributed by atoms with Crippen LogP contribution >= 0.6 is 0 Å². The molecule has 2 unspecified atom stereocenters. The molecule has 1 aromatic rings. The average Bonchev–Trinajstić information content (AvgIpc) is 2.67. The highest BCUT2D eigenvalue weighted by Crippen LogP contribution is 2.45. The number of aliphatic carboxylic acids is 1. The average molecular weight is 365 g/mol. The van der Waals surface area contributed by atoms with Gasteiger partial charge in [-0.2, -0.15) is 0 Å². The summed E-state index contributed by atoms with van der Waals surface area (Å²) in [6, 6.07) is 3.37. The Morgan fingerprint density at radius 1 is 1.19 bits per heavy atom. The second-order valence-corrected chi connectivity index (χ2v) is 6.67. The lowest BCUT2D eigenvalue weighted by Gasteiger charge is -2.40. The first-order valence-corrected chi connectivity index (χ1v) is 9.36. The second kappa shape index (κ2) is 9.67. The Morgan fingerprint density at radius 2 is 1.92 bits per heavy atom. The van der Waals surface area contributed by atoms with Crippen molar-refractivity contribution in [2.45, 2.75) is 57.5 Å². The molecule has 0 spiro atoms. The van der Waals surface area contributed by atoms with Crippen LogP contribution in [-0.2, 0) is 4.79 Å². The van der Waals surface area contributed by atoms with E-state index in [9.17, 15) is 9.90 Å². The summed E-state index contributed by atoms with van der Waals surface area (Å²) in [5.74, 6) is 1.04. The minimum absolute atomic E-state index is 0.0221. The second-order valence-electron chi connectivity index (χ2n) is 6.67. The predicted octanol–water partition coefficient (Wildman–Crippen LogP) is 3.88. The molecule has 0 bridgehead atoms. The minimum Gasteiger partial charge on any atom is -0.493 e. The maximum Gasteiger partial charge on any atom is 0.320 e. The van der Waals surface area contributed by atoms with E-state index in [4.69, 9.17) is 14.2 Å². The molecule has 2 atom stereocenters. The molecule has 0 radical (unpaired) electrons. The smallest absolute Gasteiger partial charge is 0.320 e. The molecule has 0 aliphatic carbocycles. The molecular weight excluding hydrogens is 334 g/mol. The van der Waals surface area contributed by atoms with E-state index in [2.05, 4.69) is 11.8 Å². The lowest BCUT2D eigenvalue weighted by atomic mass is 9.92. The summed E-state index contributed by atoms with van der Waals surface area (Å²) in [7, 11) is 4.80. The summed E-state index contributed by atoms with van der Waals surface area (Å²) in [5, 5.41) is 9.72. The maximum absolute atomic E-state index is 11.8. The normalized spacial score (nSPS) is 19.0. The van der Waals surface area contributed by atoms with Crippen LogP contribution in [0.2, 0.25) is 0 Å². The Labute approximate surface area is 156 Å². The molecule has 0 aromatic heterocycles. The van der Waals surface area contributed by atoms with Crippen molar-refractivity contribution in [2.24, 2.45) is 0 Å². The van der Waals surface area contributed by atoms with Gasteiger partial charge in [0.05, 0.1) is 21.3 Å². The van der Waals surface area contributed by atoms with Crippen LogP contribution in [0, 0.1) is 0 Å². The van der Waals surface area contributed by atoms with Gasteiger partial charge in [0.1, 0.15) is 6.04 Å². The standard InChI is InChI=1S/C20H31NO5/c1-5-6-9-15(21-13-8-7-10-16(21)20(22)23)14-11-12-17(24-2)19(26-4)18(14)25-3/h11-12,15-16H,5-10,13H2,1-4H3,(H,22,23). The van der Waals surface area contributed by atoms with Crippen LogP contribution in [0.3, 0.4) is 0 Å². The van der Waals surface area contributed by atoms with Gasteiger partial charge in [-0.3, -0.25) is 9.69 Å². The van der Waals surface area contributed by atoms with Crippen LogP contribution in [0.4, 0.5) is 0 Å². The van der Waals surface area contributed by atoms with Crippen LogP contribution < -0.4 is 14.2 Å². The van der Waals surface area contributed by atoms with E-state index >= 15 is 0 Å². The van der Waals surface area contributed by atoms with Gasteiger partial charge in [-0.15, -0.1) is 0 Å². The Balaban J connectivity index is 2.50. The van der Waals surface area contributed by atoms with Gasteiger partial charge in [-0.05, 0) is 37.9 Å². The predicted molar refractivity (Wildman–Crippen MR) is 100 cm³/mol. The Hall–Kier alpha value is -1.95. The van der Waals surface area contributed by atoms with Crippen molar-refractivity contribution in [2.75, 3.05) is 27.9 Å². The Bertz CT molecular complexity index is 604. The Kier molecular flexibility index (Phi) is 7.57. The monoisotopic (exact) mass is 365 g/mol. The number of nitrogens with zero attached hydrogens (tertiary/aromatic N) is 1. The van der Waals surface area contributed by atoms with Crippen molar-refractivity contribution in [1.29, 1.82) is 0 Å². The van der Waals surface area contributed by atoms with Gasteiger partial charge >= 0.3 is 5.97 Å². The fourth-order valence-corrected chi connectivity index (χ4v) is 3.88. The van der Waals surface area contributed by atoms with Gasteiger partial charge in [-0.25, -0.2) is 0 Å². The van der Waals surface area contributed by atoms with Gasteiger partial charge in [-0.1, -0.05) is 26.2 Å². The van der Waals surface area contributed by atoms with Crippen molar-refractivity contribution in [3.05, 3.63) is 17.7 Å². The summed E-state index contributed by atoms with van der Waals surface area (Å²) >= 11 is 0. The molecule has 1 heterocycles. The Morgan fingerprint density at radius 3 is 2.50 bits per heavy atom. The molecule has 1 aliphatic rings. The first-order valence-electron chi connectivity index (χ1n) is 9.36. The summed E-state index contributed by atoms with van der Waals surface area (Å²) in [6.45, 7) is 2.93. The molecule has 0 amide bonds. The summed E-state index contributed by atoms with van der Waals surface area (Å²) in [5.41, 5.74) is 0.965. The largest absolute Gasteiger partial charge is 0.493 e. The lowest BCUT2D eigenvalue weighted by Crippen LogP contribution is -2.46. The molecule has 2 rings (SSSR count). The van der Waals surface area contributed by atoms with E-state index in [1.165, 1.54) is 0 Å². The van der Waals surface area contributed by atoms with E-state index < -0.39 is 12.0 Å². The molecule has 1 aliphatic heterocycles. The molecule has 6 heteroatoms. The highest BCUT2D eigenvalue weighted by Gasteiger charge is 2.36. The van der Waals surface area contributed by atoms with E-state index in [1.807, 2.05) is 12.1 Å². The number of likely N-dealkylation sites (tertiary alicyclic amines) is 1. The summed E-state index contributed by atoms with van der Waals surface area (Å²) in [6.07, 6.45) is 5.61. The molecule has 146 valence electrons. The first-order chi connectivity index (χ1) is 12.6.